The standard InChI is InChI=1S/C12H10O.C7H17NO/c1-3-7-11(8-4-1)13-12-9-5-2-6-10-12;1-4-8(5-2)6-7(3)9/h1-10H;7,9H,4-6H2,1-3H3. The smallest absolute Gasteiger partial charge is 0.127 e. The summed E-state index contributed by atoms with van der Waals surface area (Å²) in [5, 5.41) is 8.94. The summed E-state index contributed by atoms with van der Waals surface area (Å²) in [5.41, 5.74) is 0. The molecule has 3 heteroatoms. The Morgan fingerprint density at radius 2 is 1.27 bits per heavy atom. The van der Waals surface area contributed by atoms with Crippen molar-refractivity contribution in [3.05, 3.63) is 60.7 Å². The lowest BCUT2D eigenvalue weighted by molar-refractivity contribution is 0.133. The van der Waals surface area contributed by atoms with Gasteiger partial charge in [0.2, 0.25) is 0 Å². The second-order valence-corrected chi connectivity index (χ2v) is 5.06. The third kappa shape index (κ3) is 7.81. The molecule has 22 heavy (non-hydrogen) atoms. The van der Waals surface area contributed by atoms with Crippen molar-refractivity contribution in [1.82, 2.24) is 4.90 Å². The minimum absolute atomic E-state index is 0.190. The highest BCUT2D eigenvalue weighted by molar-refractivity contribution is 5.30. The molecule has 0 aromatic heterocycles. The molecule has 0 spiro atoms. The van der Waals surface area contributed by atoms with E-state index in [0.717, 1.165) is 31.1 Å². The van der Waals surface area contributed by atoms with E-state index in [1.165, 1.54) is 0 Å². The lowest BCUT2D eigenvalue weighted by atomic mass is 10.3. The Morgan fingerprint density at radius 3 is 1.55 bits per heavy atom. The van der Waals surface area contributed by atoms with Gasteiger partial charge in [-0.05, 0) is 44.3 Å². The predicted octanol–water partition coefficient (Wildman–Crippen LogP) is 4.19. The summed E-state index contributed by atoms with van der Waals surface area (Å²) >= 11 is 0. The molecule has 3 nitrogen and oxygen atoms in total. The summed E-state index contributed by atoms with van der Waals surface area (Å²) < 4.78 is 5.58. The highest BCUT2D eigenvalue weighted by Crippen LogP contribution is 2.19. The van der Waals surface area contributed by atoms with E-state index in [9.17, 15) is 0 Å². The van der Waals surface area contributed by atoms with Crippen LogP contribution in [0.5, 0.6) is 11.5 Å². The maximum Gasteiger partial charge on any atom is 0.127 e. The summed E-state index contributed by atoms with van der Waals surface area (Å²) in [7, 11) is 0. The third-order valence-electron chi connectivity index (χ3n) is 3.14. The number of benzene rings is 2. The van der Waals surface area contributed by atoms with Gasteiger partial charge < -0.3 is 14.7 Å². The first-order chi connectivity index (χ1) is 10.7. The fourth-order valence-corrected chi connectivity index (χ4v) is 1.97. The van der Waals surface area contributed by atoms with Crippen molar-refractivity contribution in [1.29, 1.82) is 0 Å². The highest BCUT2D eigenvalue weighted by Gasteiger charge is 2.01. The summed E-state index contributed by atoms with van der Waals surface area (Å²) in [6.07, 6.45) is -0.190. The van der Waals surface area contributed by atoms with E-state index in [-0.39, 0.29) is 6.10 Å². The van der Waals surface area contributed by atoms with Crippen LogP contribution >= 0.6 is 0 Å². The summed E-state index contributed by atoms with van der Waals surface area (Å²) in [5.74, 6) is 1.74. The molecule has 0 fully saturated rings. The topological polar surface area (TPSA) is 32.7 Å². The first-order valence-corrected chi connectivity index (χ1v) is 7.84. The minimum atomic E-state index is -0.190. The zero-order valence-electron chi connectivity index (χ0n) is 13.8. The molecule has 2 rings (SSSR count). The van der Waals surface area contributed by atoms with E-state index >= 15 is 0 Å². The number of hydrogen-bond donors (Lipinski definition) is 1. The molecule has 0 aliphatic carbocycles. The van der Waals surface area contributed by atoms with Crippen LogP contribution in [-0.2, 0) is 0 Å². The van der Waals surface area contributed by atoms with E-state index in [1.807, 2.05) is 67.6 Å². The van der Waals surface area contributed by atoms with Crippen molar-refractivity contribution in [2.75, 3.05) is 19.6 Å². The molecule has 1 N–H and O–H groups in total. The Morgan fingerprint density at radius 1 is 0.864 bits per heavy atom. The summed E-state index contributed by atoms with van der Waals surface area (Å²) in [6.45, 7) is 8.88. The first kappa shape index (κ1) is 18.2. The van der Waals surface area contributed by atoms with Crippen molar-refractivity contribution in [3.63, 3.8) is 0 Å². The van der Waals surface area contributed by atoms with Crippen LogP contribution in [0.15, 0.2) is 60.7 Å². The van der Waals surface area contributed by atoms with Gasteiger partial charge in [0.1, 0.15) is 11.5 Å². The number of nitrogens with zero attached hydrogens (tertiary/aromatic N) is 1. The van der Waals surface area contributed by atoms with Gasteiger partial charge in [-0.1, -0.05) is 50.2 Å². The minimum Gasteiger partial charge on any atom is -0.457 e. The largest absolute Gasteiger partial charge is 0.457 e. The molecule has 0 aliphatic rings. The lowest BCUT2D eigenvalue weighted by Crippen LogP contribution is -2.30. The fourth-order valence-electron chi connectivity index (χ4n) is 1.97. The summed E-state index contributed by atoms with van der Waals surface area (Å²) in [6, 6.07) is 19.5. The molecular weight excluding hydrogens is 274 g/mol. The average molecular weight is 301 g/mol. The Hall–Kier alpha value is -1.84. The molecule has 0 saturated heterocycles. The van der Waals surface area contributed by atoms with E-state index in [1.54, 1.807) is 0 Å². The van der Waals surface area contributed by atoms with Gasteiger partial charge in [-0.3, -0.25) is 0 Å². The van der Waals surface area contributed by atoms with Gasteiger partial charge in [-0.25, -0.2) is 0 Å². The van der Waals surface area contributed by atoms with Gasteiger partial charge in [-0.15, -0.1) is 0 Å². The molecule has 0 saturated carbocycles. The van der Waals surface area contributed by atoms with Gasteiger partial charge in [0.25, 0.3) is 0 Å². The molecule has 1 unspecified atom stereocenters. The molecular formula is C19H27NO2. The number of para-hydroxylation sites is 2. The highest BCUT2D eigenvalue weighted by atomic mass is 16.5. The second-order valence-electron chi connectivity index (χ2n) is 5.06. The summed E-state index contributed by atoms with van der Waals surface area (Å²) in [4.78, 5) is 2.20. The van der Waals surface area contributed by atoms with Crippen LogP contribution < -0.4 is 4.74 Å². The third-order valence-corrected chi connectivity index (χ3v) is 3.14. The van der Waals surface area contributed by atoms with E-state index in [0.29, 0.717) is 0 Å². The van der Waals surface area contributed by atoms with Gasteiger partial charge in [0.05, 0.1) is 6.10 Å². The number of likely N-dealkylation sites (N-methyl/N-ethyl adjacent to an activating group) is 1. The lowest BCUT2D eigenvalue weighted by Gasteiger charge is -2.18. The van der Waals surface area contributed by atoms with E-state index in [4.69, 9.17) is 9.84 Å². The molecule has 0 bridgehead atoms. The van der Waals surface area contributed by atoms with Crippen LogP contribution in [0.25, 0.3) is 0 Å². The molecule has 0 radical (unpaired) electrons. The van der Waals surface area contributed by atoms with Crippen molar-refractivity contribution in [2.24, 2.45) is 0 Å². The molecule has 0 amide bonds. The van der Waals surface area contributed by atoms with E-state index < -0.39 is 0 Å². The maximum absolute atomic E-state index is 8.94. The first-order valence-electron chi connectivity index (χ1n) is 7.84. The molecule has 2 aromatic carbocycles. The number of hydrogen-bond acceptors (Lipinski definition) is 3. The van der Waals surface area contributed by atoms with Gasteiger partial charge >= 0.3 is 0 Å². The molecule has 2 aromatic rings. The number of rotatable bonds is 6. The van der Waals surface area contributed by atoms with Crippen molar-refractivity contribution < 1.29 is 9.84 Å². The van der Waals surface area contributed by atoms with Crippen molar-refractivity contribution in [2.45, 2.75) is 26.9 Å². The van der Waals surface area contributed by atoms with Gasteiger partial charge in [0.15, 0.2) is 0 Å². The number of aliphatic hydroxyl groups excluding tert-OH is 1. The normalized spacial score (nSPS) is 11.5. The van der Waals surface area contributed by atoms with Crippen molar-refractivity contribution in [3.8, 4) is 11.5 Å². The van der Waals surface area contributed by atoms with Crippen LogP contribution in [0.1, 0.15) is 20.8 Å². The Bertz CT molecular complexity index is 444. The van der Waals surface area contributed by atoms with Crippen LogP contribution in [0.2, 0.25) is 0 Å². The SMILES string of the molecule is CCN(CC)CC(C)O.c1ccc(Oc2ccccc2)cc1. The number of ether oxygens (including phenoxy) is 1. The van der Waals surface area contributed by atoms with Gasteiger partial charge in [-0.2, -0.15) is 0 Å². The van der Waals surface area contributed by atoms with Crippen LogP contribution in [0.4, 0.5) is 0 Å². The monoisotopic (exact) mass is 301 g/mol. The Kier molecular flexibility index (Phi) is 8.96. The van der Waals surface area contributed by atoms with Crippen LogP contribution in [0, 0.1) is 0 Å². The Balaban J connectivity index is 0.000000239. The quantitative estimate of drug-likeness (QED) is 0.868. The maximum atomic E-state index is 8.94. The zero-order valence-corrected chi connectivity index (χ0v) is 13.8. The van der Waals surface area contributed by atoms with Crippen LogP contribution in [0.3, 0.4) is 0 Å². The molecule has 0 heterocycles. The zero-order chi connectivity index (χ0) is 16.2. The fraction of sp³-hybridized carbons (Fsp3) is 0.368. The molecule has 120 valence electrons. The second kappa shape index (κ2) is 10.8. The van der Waals surface area contributed by atoms with Crippen molar-refractivity contribution >= 4 is 0 Å². The number of aliphatic hydroxyl groups is 1. The Labute approximate surface area is 134 Å². The van der Waals surface area contributed by atoms with E-state index in [2.05, 4.69) is 18.7 Å². The predicted molar refractivity (Wildman–Crippen MR) is 92.4 cm³/mol. The molecule has 1 atom stereocenters. The van der Waals surface area contributed by atoms with Gasteiger partial charge in [0, 0.05) is 6.54 Å². The molecule has 0 aliphatic heterocycles. The van der Waals surface area contributed by atoms with Crippen LogP contribution in [-0.4, -0.2) is 35.7 Å². The average Bonchev–Trinajstić information content (AvgIpc) is 2.55.